The number of amides is 1. The molecule has 0 radical (unpaired) electrons. The van der Waals surface area contributed by atoms with Crippen LogP contribution in [0, 0.1) is 5.41 Å². The van der Waals surface area contributed by atoms with Gasteiger partial charge in [0.15, 0.2) is 0 Å². The highest BCUT2D eigenvalue weighted by Gasteiger charge is 2.40. The van der Waals surface area contributed by atoms with Gasteiger partial charge in [-0.15, -0.1) is 0 Å². The number of carbonyl (C=O) groups is 1. The maximum atomic E-state index is 13.2. The zero-order chi connectivity index (χ0) is 25.9. The molecule has 0 aromatic heterocycles. The zero-order valence-corrected chi connectivity index (χ0v) is 23.5. The summed E-state index contributed by atoms with van der Waals surface area (Å²) >= 11 is 12.7. The van der Waals surface area contributed by atoms with Crippen LogP contribution in [0.15, 0.2) is 29.2 Å². The highest BCUT2D eigenvalue weighted by Crippen LogP contribution is 2.41. The maximum absolute atomic E-state index is 13.2. The van der Waals surface area contributed by atoms with Crippen LogP contribution in [0.2, 0.25) is 10.0 Å². The molecule has 1 aromatic rings. The minimum Gasteiger partial charge on any atom is -0.489 e. The number of rotatable bonds is 6. The van der Waals surface area contributed by atoms with Crippen LogP contribution in [0.3, 0.4) is 0 Å². The molecule has 0 bridgehead atoms. The van der Waals surface area contributed by atoms with Gasteiger partial charge in [-0.05, 0) is 60.5 Å². The number of piperidine rings is 1. The van der Waals surface area contributed by atoms with Gasteiger partial charge >= 0.3 is 6.09 Å². The molecule has 1 fully saturated rings. The molecule has 9 heteroatoms. The quantitative estimate of drug-likeness (QED) is 0.298. The summed E-state index contributed by atoms with van der Waals surface area (Å²) in [5.41, 5.74) is 0.221. The van der Waals surface area contributed by atoms with Crippen molar-refractivity contribution in [3.05, 3.63) is 40.4 Å². The van der Waals surface area contributed by atoms with Crippen LogP contribution in [-0.2, 0) is 15.7 Å². The molecular formula is C25H36Cl2N2O4S. The second-order valence-corrected chi connectivity index (χ2v) is 13.4. The van der Waals surface area contributed by atoms with E-state index in [2.05, 4.69) is 13.5 Å². The van der Waals surface area contributed by atoms with Crippen LogP contribution in [0.5, 0.6) is 5.75 Å². The van der Waals surface area contributed by atoms with Crippen LogP contribution in [0.25, 0.3) is 0 Å². The van der Waals surface area contributed by atoms with Crippen LogP contribution in [-0.4, -0.2) is 51.0 Å². The molecule has 2 rings (SSSR count). The van der Waals surface area contributed by atoms with Gasteiger partial charge in [0.25, 0.3) is 0 Å². The van der Waals surface area contributed by atoms with Crippen molar-refractivity contribution < 1.29 is 18.5 Å². The Kier molecular flexibility index (Phi) is 9.28. The molecule has 1 saturated heterocycles. The maximum Gasteiger partial charge on any atom is 0.410 e. The molecule has 1 unspecified atom stereocenters. The molecule has 0 spiro atoms. The lowest BCUT2D eigenvalue weighted by molar-refractivity contribution is 0.0166. The summed E-state index contributed by atoms with van der Waals surface area (Å²) < 4.78 is 28.8. The Hall–Kier alpha value is -1.57. The third kappa shape index (κ3) is 7.46. The molecular weight excluding hydrogens is 495 g/mol. The molecule has 6 nitrogen and oxygen atoms in total. The SMILES string of the molecule is C=CCOc1cc(Cl)c(Cl)cc1/C(=N/S(=O)C(C)(C)C)C1(C)CCN(C(=O)OC(C)(C)C)CC1. The molecule has 34 heavy (non-hydrogen) atoms. The first-order valence-electron chi connectivity index (χ1n) is 11.3. The van der Waals surface area contributed by atoms with Gasteiger partial charge in [-0.1, -0.05) is 42.8 Å². The van der Waals surface area contributed by atoms with E-state index in [-0.39, 0.29) is 12.7 Å². The Morgan fingerprint density at radius 3 is 2.24 bits per heavy atom. The number of carbonyl (C=O) groups excluding carboxylic acids is 1. The topological polar surface area (TPSA) is 68.2 Å². The van der Waals surface area contributed by atoms with Crippen molar-refractivity contribution in [1.82, 2.24) is 4.90 Å². The second kappa shape index (κ2) is 11.0. The summed E-state index contributed by atoms with van der Waals surface area (Å²) in [6, 6.07) is 3.37. The van der Waals surface area contributed by atoms with Gasteiger partial charge in [-0.25, -0.2) is 9.00 Å². The molecule has 0 saturated carbocycles. The first-order valence-corrected chi connectivity index (χ1v) is 13.2. The monoisotopic (exact) mass is 530 g/mol. The Bertz CT molecular complexity index is 972. The summed E-state index contributed by atoms with van der Waals surface area (Å²) in [5.74, 6) is 0.495. The summed E-state index contributed by atoms with van der Waals surface area (Å²) in [4.78, 5) is 14.3. The van der Waals surface area contributed by atoms with E-state index in [1.165, 1.54) is 0 Å². The fourth-order valence-corrected chi connectivity index (χ4v) is 4.51. The minimum absolute atomic E-state index is 0.268. The predicted octanol–water partition coefficient (Wildman–Crippen LogP) is 6.85. The van der Waals surface area contributed by atoms with Crippen molar-refractivity contribution in [2.75, 3.05) is 19.7 Å². The Labute approximate surface area is 216 Å². The number of halogens is 2. The van der Waals surface area contributed by atoms with Crippen molar-refractivity contribution in [2.24, 2.45) is 9.81 Å². The molecule has 1 atom stereocenters. The zero-order valence-electron chi connectivity index (χ0n) is 21.2. The fourth-order valence-electron chi connectivity index (χ4n) is 3.43. The molecule has 1 amide bonds. The van der Waals surface area contributed by atoms with Crippen molar-refractivity contribution in [3.63, 3.8) is 0 Å². The average molecular weight is 532 g/mol. The molecule has 0 aliphatic carbocycles. The van der Waals surface area contributed by atoms with E-state index in [1.54, 1.807) is 23.1 Å². The van der Waals surface area contributed by atoms with E-state index in [0.717, 1.165) is 0 Å². The van der Waals surface area contributed by atoms with Gasteiger partial charge < -0.3 is 14.4 Å². The van der Waals surface area contributed by atoms with Crippen molar-refractivity contribution >= 4 is 46.0 Å². The summed E-state index contributed by atoms with van der Waals surface area (Å²) in [5, 5.41) is 0.706. The summed E-state index contributed by atoms with van der Waals surface area (Å²) in [7, 11) is -1.52. The van der Waals surface area contributed by atoms with Crippen LogP contribution < -0.4 is 4.74 Å². The predicted molar refractivity (Wildman–Crippen MR) is 142 cm³/mol. The Morgan fingerprint density at radius 2 is 1.74 bits per heavy atom. The molecule has 0 N–H and O–H groups in total. The van der Waals surface area contributed by atoms with Crippen molar-refractivity contribution in [3.8, 4) is 5.75 Å². The molecule has 1 aromatic carbocycles. The lowest BCUT2D eigenvalue weighted by Crippen LogP contribution is -2.47. The number of nitrogens with zero attached hydrogens (tertiary/aromatic N) is 2. The smallest absolute Gasteiger partial charge is 0.410 e. The largest absolute Gasteiger partial charge is 0.489 e. The molecule has 1 aliphatic rings. The van der Waals surface area contributed by atoms with Crippen molar-refractivity contribution in [1.29, 1.82) is 0 Å². The van der Waals surface area contributed by atoms with Crippen LogP contribution in [0.1, 0.15) is 66.9 Å². The summed E-state index contributed by atoms with van der Waals surface area (Å²) in [6.07, 6.45) is 2.51. The highest BCUT2D eigenvalue weighted by atomic mass is 35.5. The first kappa shape index (κ1) is 28.7. The lowest BCUT2D eigenvalue weighted by atomic mass is 9.74. The van der Waals surface area contributed by atoms with E-state index < -0.39 is 26.7 Å². The standard InChI is InChI=1S/C25H36Cl2N2O4S/c1-9-14-32-20-16-19(27)18(26)15-17(20)21(28-34(31)24(5,6)7)25(8)10-12-29(13-11-25)22(30)33-23(2,3)4/h9,15-16H,1,10-14H2,2-8H3/b28-21-. The van der Waals surface area contributed by atoms with Gasteiger partial charge in [0.05, 0.1) is 20.5 Å². The van der Waals surface area contributed by atoms with Crippen LogP contribution in [0.4, 0.5) is 4.79 Å². The van der Waals surface area contributed by atoms with E-state index in [9.17, 15) is 9.00 Å². The second-order valence-electron chi connectivity index (χ2n) is 10.7. The lowest BCUT2D eigenvalue weighted by Gasteiger charge is -2.40. The number of hydrogen-bond donors (Lipinski definition) is 0. The van der Waals surface area contributed by atoms with E-state index in [4.69, 9.17) is 37.1 Å². The summed E-state index contributed by atoms with van der Waals surface area (Å²) in [6.45, 7) is 18.2. The third-order valence-corrected chi connectivity index (χ3v) is 7.54. The van der Waals surface area contributed by atoms with Crippen LogP contribution >= 0.6 is 23.2 Å². The van der Waals surface area contributed by atoms with E-state index in [0.29, 0.717) is 53.0 Å². The van der Waals surface area contributed by atoms with Gasteiger partial charge in [-0.2, -0.15) is 4.40 Å². The molecule has 1 heterocycles. The van der Waals surface area contributed by atoms with E-state index >= 15 is 0 Å². The number of hydrogen-bond acceptors (Lipinski definition) is 4. The normalized spacial score (nSPS) is 17.8. The molecule has 1 aliphatic heterocycles. The van der Waals surface area contributed by atoms with Gasteiger partial charge in [0, 0.05) is 30.1 Å². The van der Waals surface area contributed by atoms with Gasteiger partial charge in [-0.3, -0.25) is 0 Å². The Balaban J connectivity index is 2.51. The first-order chi connectivity index (χ1) is 15.6. The molecule has 190 valence electrons. The number of ether oxygens (including phenoxy) is 2. The Morgan fingerprint density at radius 1 is 1.18 bits per heavy atom. The number of benzene rings is 1. The van der Waals surface area contributed by atoms with Gasteiger partial charge in [0.1, 0.15) is 28.9 Å². The van der Waals surface area contributed by atoms with E-state index in [1.807, 2.05) is 41.5 Å². The third-order valence-electron chi connectivity index (χ3n) is 5.42. The average Bonchev–Trinajstić information content (AvgIpc) is 2.71. The fraction of sp³-hybridized carbons (Fsp3) is 0.600. The van der Waals surface area contributed by atoms with Crippen molar-refractivity contribution in [2.45, 2.75) is 71.7 Å². The van der Waals surface area contributed by atoms with Gasteiger partial charge in [0.2, 0.25) is 0 Å². The minimum atomic E-state index is -1.52. The highest BCUT2D eigenvalue weighted by molar-refractivity contribution is 7.85. The number of likely N-dealkylation sites (tertiary alicyclic amines) is 1.